The maximum atomic E-state index is 9.71. The van der Waals surface area contributed by atoms with Gasteiger partial charge >= 0.3 is 0 Å². The van der Waals surface area contributed by atoms with Crippen LogP contribution in [0.3, 0.4) is 0 Å². The molecule has 3 saturated heterocycles. The molecule has 3 fully saturated rings. The first-order valence-corrected chi connectivity index (χ1v) is 11.1. The largest absolute Gasteiger partial charge is 0.389 e. The van der Waals surface area contributed by atoms with Crippen LogP contribution in [0.2, 0.25) is 0 Å². The van der Waals surface area contributed by atoms with E-state index in [1.54, 1.807) is 0 Å². The van der Waals surface area contributed by atoms with Crippen molar-refractivity contribution in [1.29, 1.82) is 5.26 Å². The fourth-order valence-electron chi connectivity index (χ4n) is 5.10. The van der Waals surface area contributed by atoms with Crippen molar-refractivity contribution < 1.29 is 5.11 Å². The minimum absolute atomic E-state index is 0.301. The smallest absolute Gasteiger partial charge is 0.226 e. The molecule has 164 valence electrons. The summed E-state index contributed by atoms with van der Waals surface area (Å²) in [6.07, 6.45) is 4.78. The molecular formula is C21H29N9O. The number of nitrogens with one attached hydrogen (secondary N) is 3. The Morgan fingerprint density at radius 1 is 1.19 bits per heavy atom. The molecule has 2 aromatic rings. The van der Waals surface area contributed by atoms with E-state index in [0.29, 0.717) is 55.2 Å². The van der Waals surface area contributed by atoms with Crippen molar-refractivity contribution in [3.05, 3.63) is 17.8 Å². The number of hydrogen-bond donors (Lipinski definition) is 4. The van der Waals surface area contributed by atoms with Gasteiger partial charge in [-0.1, -0.05) is 0 Å². The molecular weight excluding hydrogens is 394 g/mol. The number of anilines is 4. The third-order valence-electron chi connectivity index (χ3n) is 6.56. The summed E-state index contributed by atoms with van der Waals surface area (Å²) < 4.78 is 0. The highest BCUT2D eigenvalue weighted by Crippen LogP contribution is 2.37. The van der Waals surface area contributed by atoms with Crippen LogP contribution in [0.1, 0.15) is 37.8 Å². The maximum absolute atomic E-state index is 9.71. The lowest BCUT2D eigenvalue weighted by atomic mass is 9.97. The molecule has 0 saturated carbocycles. The van der Waals surface area contributed by atoms with Gasteiger partial charge in [0.2, 0.25) is 5.95 Å². The Hall–Kier alpha value is -2.90. The fraction of sp³-hybridized carbons (Fsp3) is 0.619. The molecule has 31 heavy (non-hydrogen) atoms. The Morgan fingerprint density at radius 3 is 2.61 bits per heavy atom. The Kier molecular flexibility index (Phi) is 5.38. The second kappa shape index (κ2) is 8.32. The molecule has 5 heterocycles. The average Bonchev–Trinajstić information content (AvgIpc) is 3.22. The van der Waals surface area contributed by atoms with E-state index in [2.05, 4.69) is 31.8 Å². The third kappa shape index (κ3) is 4.29. The van der Waals surface area contributed by atoms with Crippen molar-refractivity contribution in [1.82, 2.24) is 25.1 Å². The summed E-state index contributed by atoms with van der Waals surface area (Å²) >= 11 is 0. The molecule has 0 unspecified atom stereocenters. The van der Waals surface area contributed by atoms with E-state index in [-0.39, 0.29) is 6.10 Å². The first-order valence-electron chi connectivity index (χ1n) is 11.1. The minimum Gasteiger partial charge on any atom is -0.389 e. The second-order valence-corrected chi connectivity index (χ2v) is 8.90. The summed E-state index contributed by atoms with van der Waals surface area (Å²) in [6.45, 7) is 3.99. The van der Waals surface area contributed by atoms with E-state index in [1.807, 2.05) is 24.0 Å². The van der Waals surface area contributed by atoms with Crippen molar-refractivity contribution in [2.45, 2.75) is 63.3 Å². The van der Waals surface area contributed by atoms with Gasteiger partial charge in [-0.2, -0.15) is 20.3 Å². The standard InChI is InChI=1S/C21H29N9O/c1-13-7-19(28-27-13)24-18-10-20(29-11-17(31)12-29)26-21(25-18)23-14-8-15-3-4-16(9-14)30(15)6-2-5-22/h7,10,14-17,31H,2-4,6,8-9,11-12H2,1H3,(H3,23,24,25,26,27,28)/t14-,15-,16+. The lowest BCUT2D eigenvalue weighted by Crippen LogP contribution is -2.51. The summed E-state index contributed by atoms with van der Waals surface area (Å²) in [5.74, 6) is 2.78. The van der Waals surface area contributed by atoms with Crippen molar-refractivity contribution >= 4 is 23.4 Å². The van der Waals surface area contributed by atoms with Crippen molar-refractivity contribution in [2.24, 2.45) is 0 Å². The molecule has 5 rings (SSSR count). The molecule has 3 atom stereocenters. The van der Waals surface area contributed by atoms with Crippen LogP contribution in [-0.4, -0.2) is 74.0 Å². The zero-order chi connectivity index (χ0) is 21.4. The Morgan fingerprint density at radius 2 is 1.97 bits per heavy atom. The van der Waals surface area contributed by atoms with Crippen LogP contribution < -0.4 is 15.5 Å². The molecule has 10 heteroatoms. The number of aryl methyl sites for hydroxylation is 1. The highest BCUT2D eigenvalue weighted by molar-refractivity contribution is 5.60. The number of nitrogens with zero attached hydrogens (tertiary/aromatic N) is 6. The van der Waals surface area contributed by atoms with Gasteiger partial charge in [0.05, 0.1) is 12.2 Å². The minimum atomic E-state index is -0.301. The summed E-state index contributed by atoms with van der Waals surface area (Å²) in [7, 11) is 0. The highest BCUT2D eigenvalue weighted by Gasteiger charge is 2.40. The SMILES string of the molecule is Cc1cc(Nc2cc(N3CC(O)C3)nc(N[C@@H]3C[C@H]4CC[C@@H](C3)N4CCC#N)n2)n[nH]1. The average molecular weight is 424 g/mol. The number of piperidine rings is 1. The number of aliphatic hydroxyl groups is 1. The topological polar surface area (TPSA) is 129 Å². The third-order valence-corrected chi connectivity index (χ3v) is 6.56. The number of rotatable bonds is 7. The van der Waals surface area contributed by atoms with Gasteiger partial charge in [-0.3, -0.25) is 10.00 Å². The number of fused-ring (bicyclic) bond motifs is 2. The van der Waals surface area contributed by atoms with Crippen LogP contribution in [0.25, 0.3) is 0 Å². The zero-order valence-corrected chi connectivity index (χ0v) is 17.8. The molecule has 0 aliphatic carbocycles. The number of aliphatic hydroxyl groups excluding tert-OH is 1. The molecule has 2 aromatic heterocycles. The van der Waals surface area contributed by atoms with E-state index in [4.69, 9.17) is 15.2 Å². The number of hydrogen-bond acceptors (Lipinski definition) is 9. The fourth-order valence-corrected chi connectivity index (χ4v) is 5.10. The first-order chi connectivity index (χ1) is 15.1. The Balaban J connectivity index is 1.32. The van der Waals surface area contributed by atoms with Crippen LogP contribution in [-0.2, 0) is 0 Å². The predicted octanol–water partition coefficient (Wildman–Crippen LogP) is 1.75. The summed E-state index contributed by atoms with van der Waals surface area (Å²) in [4.78, 5) is 14.0. The number of β-amino-alcohol motifs (C(OH)–C–C–N with tert-alkyl or cyclic N) is 1. The summed E-state index contributed by atoms with van der Waals surface area (Å²) in [5.41, 5.74) is 0.972. The van der Waals surface area contributed by atoms with E-state index in [1.165, 1.54) is 12.8 Å². The summed E-state index contributed by atoms with van der Waals surface area (Å²) in [5, 5.41) is 32.7. The van der Waals surface area contributed by atoms with E-state index < -0.39 is 0 Å². The number of aromatic nitrogens is 4. The molecule has 0 spiro atoms. The van der Waals surface area contributed by atoms with Crippen LogP contribution in [0.4, 0.5) is 23.4 Å². The molecule has 3 aliphatic heterocycles. The maximum Gasteiger partial charge on any atom is 0.226 e. The van der Waals surface area contributed by atoms with Crippen molar-refractivity contribution in [3.8, 4) is 6.07 Å². The summed E-state index contributed by atoms with van der Waals surface area (Å²) in [6, 6.07) is 7.48. The van der Waals surface area contributed by atoms with Crippen LogP contribution in [0.5, 0.6) is 0 Å². The quantitative estimate of drug-likeness (QED) is 0.526. The Bertz CT molecular complexity index is 950. The lowest BCUT2D eigenvalue weighted by molar-refractivity contribution is 0.135. The monoisotopic (exact) mass is 423 g/mol. The first kappa shape index (κ1) is 20.0. The van der Waals surface area contributed by atoms with Crippen LogP contribution >= 0.6 is 0 Å². The normalized spacial score (nSPS) is 25.8. The second-order valence-electron chi connectivity index (χ2n) is 8.90. The van der Waals surface area contributed by atoms with E-state index in [0.717, 1.165) is 30.9 Å². The van der Waals surface area contributed by atoms with Gasteiger partial charge in [-0.05, 0) is 32.6 Å². The number of aromatic amines is 1. The number of nitriles is 1. The van der Waals surface area contributed by atoms with Gasteiger partial charge < -0.3 is 20.6 Å². The van der Waals surface area contributed by atoms with Gasteiger partial charge in [0.15, 0.2) is 5.82 Å². The van der Waals surface area contributed by atoms with Crippen molar-refractivity contribution in [2.75, 3.05) is 35.2 Å². The van der Waals surface area contributed by atoms with E-state index in [9.17, 15) is 5.11 Å². The van der Waals surface area contributed by atoms with Gasteiger partial charge in [0.25, 0.3) is 0 Å². The highest BCUT2D eigenvalue weighted by atomic mass is 16.3. The van der Waals surface area contributed by atoms with Crippen LogP contribution in [0.15, 0.2) is 12.1 Å². The van der Waals surface area contributed by atoms with Gasteiger partial charge in [-0.15, -0.1) is 0 Å². The molecule has 0 amide bonds. The number of H-pyrrole nitrogens is 1. The molecule has 2 bridgehead atoms. The van der Waals surface area contributed by atoms with Crippen molar-refractivity contribution in [3.63, 3.8) is 0 Å². The molecule has 10 nitrogen and oxygen atoms in total. The van der Waals surface area contributed by atoms with Gasteiger partial charge in [0.1, 0.15) is 11.6 Å². The molecule has 0 radical (unpaired) electrons. The van der Waals surface area contributed by atoms with E-state index >= 15 is 0 Å². The molecule has 3 aliphatic rings. The Labute approximate surface area is 181 Å². The molecule has 0 aromatic carbocycles. The van der Waals surface area contributed by atoms with Gasteiger partial charge in [0, 0.05) is 62.0 Å². The molecule has 4 N–H and O–H groups in total. The predicted molar refractivity (Wildman–Crippen MR) is 117 cm³/mol. The lowest BCUT2D eigenvalue weighted by Gasteiger charge is -2.39. The van der Waals surface area contributed by atoms with Crippen LogP contribution in [0, 0.1) is 18.3 Å². The zero-order valence-electron chi connectivity index (χ0n) is 17.8. The van der Waals surface area contributed by atoms with Gasteiger partial charge in [-0.25, -0.2) is 0 Å².